The number of hydrogen-bond acceptors (Lipinski definition) is 3. The smallest absolute Gasteiger partial charge is 0.279 e. The Morgan fingerprint density at radius 1 is 1.17 bits per heavy atom. The monoisotopic (exact) mass is 291 g/mol. The summed E-state index contributed by atoms with van der Waals surface area (Å²) in [7, 11) is -3.34. The summed E-state index contributed by atoms with van der Waals surface area (Å²) in [6.07, 6.45) is 0. The highest BCUT2D eigenvalue weighted by Crippen LogP contribution is 2.03. The van der Waals surface area contributed by atoms with Gasteiger partial charge in [-0.25, -0.2) is 0 Å². The van der Waals surface area contributed by atoms with E-state index in [1.807, 2.05) is 30.3 Å². The van der Waals surface area contributed by atoms with Gasteiger partial charge in [0.25, 0.3) is 10.2 Å². The second-order valence-electron chi connectivity index (χ2n) is 3.96. The third-order valence-electron chi connectivity index (χ3n) is 2.72. The van der Waals surface area contributed by atoms with Crippen LogP contribution in [0, 0.1) is 0 Å². The number of piperazine rings is 1. The van der Waals surface area contributed by atoms with E-state index in [9.17, 15) is 8.42 Å². The summed E-state index contributed by atoms with van der Waals surface area (Å²) in [5, 5.41) is 3.13. The van der Waals surface area contributed by atoms with Crippen molar-refractivity contribution in [1.29, 1.82) is 0 Å². The van der Waals surface area contributed by atoms with Crippen molar-refractivity contribution in [2.24, 2.45) is 0 Å². The van der Waals surface area contributed by atoms with E-state index in [1.165, 1.54) is 4.31 Å². The van der Waals surface area contributed by atoms with E-state index in [1.54, 1.807) is 0 Å². The van der Waals surface area contributed by atoms with Gasteiger partial charge in [0.2, 0.25) is 0 Å². The number of nitrogens with zero attached hydrogens (tertiary/aromatic N) is 1. The third kappa shape index (κ3) is 4.22. The lowest BCUT2D eigenvalue weighted by Crippen LogP contribution is -2.50. The van der Waals surface area contributed by atoms with Gasteiger partial charge in [0, 0.05) is 32.7 Å². The minimum Gasteiger partial charge on any atom is -0.314 e. The number of nitrogens with one attached hydrogen (secondary N) is 2. The SMILES string of the molecule is Cl.O=S(=O)(NCc1ccccc1)N1CCNCC1. The fraction of sp³-hybridized carbons (Fsp3) is 0.455. The predicted molar refractivity (Wildman–Crippen MR) is 73.9 cm³/mol. The highest BCUT2D eigenvalue weighted by atomic mass is 35.5. The van der Waals surface area contributed by atoms with Crippen LogP contribution < -0.4 is 10.0 Å². The lowest BCUT2D eigenvalue weighted by Gasteiger charge is -2.26. The maximum absolute atomic E-state index is 11.9. The minimum atomic E-state index is -3.34. The molecule has 1 aliphatic heterocycles. The van der Waals surface area contributed by atoms with Crippen LogP contribution in [-0.2, 0) is 16.8 Å². The zero-order chi connectivity index (χ0) is 12.1. The van der Waals surface area contributed by atoms with Crippen molar-refractivity contribution in [3.8, 4) is 0 Å². The van der Waals surface area contributed by atoms with Crippen molar-refractivity contribution < 1.29 is 8.42 Å². The average molecular weight is 292 g/mol. The Balaban J connectivity index is 0.00000162. The number of halogens is 1. The molecule has 1 fully saturated rings. The van der Waals surface area contributed by atoms with Crippen LogP contribution in [0.2, 0.25) is 0 Å². The molecule has 1 aromatic carbocycles. The molecule has 0 bridgehead atoms. The number of benzene rings is 1. The van der Waals surface area contributed by atoms with Crippen LogP contribution in [0.15, 0.2) is 30.3 Å². The van der Waals surface area contributed by atoms with Gasteiger partial charge in [-0.2, -0.15) is 17.4 Å². The summed E-state index contributed by atoms with van der Waals surface area (Å²) in [6, 6.07) is 9.51. The molecule has 2 N–H and O–H groups in total. The fourth-order valence-corrected chi connectivity index (χ4v) is 2.94. The first kappa shape index (κ1) is 15.4. The second-order valence-corrected chi connectivity index (χ2v) is 5.72. The van der Waals surface area contributed by atoms with E-state index >= 15 is 0 Å². The van der Waals surface area contributed by atoms with E-state index < -0.39 is 10.2 Å². The molecule has 18 heavy (non-hydrogen) atoms. The van der Waals surface area contributed by atoms with Crippen molar-refractivity contribution in [3.05, 3.63) is 35.9 Å². The molecule has 0 radical (unpaired) electrons. The molecule has 0 aromatic heterocycles. The molecule has 1 saturated heterocycles. The first-order chi connectivity index (χ1) is 8.18. The zero-order valence-electron chi connectivity index (χ0n) is 10.0. The standard InChI is InChI=1S/C11H17N3O2S.ClH/c15-17(16,14-8-6-12-7-9-14)13-10-11-4-2-1-3-5-11;/h1-5,12-13H,6-10H2;1H. The molecule has 0 aliphatic carbocycles. The lowest BCUT2D eigenvalue weighted by molar-refractivity contribution is 0.354. The zero-order valence-corrected chi connectivity index (χ0v) is 11.6. The molecule has 1 aliphatic rings. The Labute approximate surface area is 114 Å². The normalized spacial score (nSPS) is 17.1. The molecule has 7 heteroatoms. The Bertz CT molecular complexity index is 447. The first-order valence-electron chi connectivity index (χ1n) is 5.68. The number of hydrogen-bond donors (Lipinski definition) is 2. The molecular weight excluding hydrogens is 274 g/mol. The van der Waals surface area contributed by atoms with Gasteiger partial charge < -0.3 is 5.32 Å². The van der Waals surface area contributed by atoms with Gasteiger partial charge in [-0.3, -0.25) is 0 Å². The summed E-state index contributed by atoms with van der Waals surface area (Å²) < 4.78 is 28.0. The Morgan fingerprint density at radius 3 is 2.39 bits per heavy atom. The van der Waals surface area contributed by atoms with Gasteiger partial charge >= 0.3 is 0 Å². The van der Waals surface area contributed by atoms with Crippen molar-refractivity contribution in [1.82, 2.24) is 14.3 Å². The van der Waals surface area contributed by atoms with Gasteiger partial charge in [0.05, 0.1) is 0 Å². The Kier molecular flexibility index (Phi) is 6.04. The van der Waals surface area contributed by atoms with Crippen molar-refractivity contribution in [3.63, 3.8) is 0 Å². The molecule has 0 atom stereocenters. The van der Waals surface area contributed by atoms with E-state index in [-0.39, 0.29) is 12.4 Å². The fourth-order valence-electron chi connectivity index (χ4n) is 1.75. The number of rotatable bonds is 4. The Morgan fingerprint density at radius 2 is 1.78 bits per heavy atom. The summed E-state index contributed by atoms with van der Waals surface area (Å²) in [5.41, 5.74) is 0.964. The van der Waals surface area contributed by atoms with Crippen molar-refractivity contribution in [2.45, 2.75) is 6.54 Å². The van der Waals surface area contributed by atoms with Crippen molar-refractivity contribution in [2.75, 3.05) is 26.2 Å². The highest BCUT2D eigenvalue weighted by Gasteiger charge is 2.22. The quantitative estimate of drug-likeness (QED) is 0.841. The molecule has 0 unspecified atom stereocenters. The van der Waals surface area contributed by atoms with Gasteiger partial charge in [-0.15, -0.1) is 12.4 Å². The topological polar surface area (TPSA) is 61.4 Å². The highest BCUT2D eigenvalue weighted by molar-refractivity contribution is 7.87. The van der Waals surface area contributed by atoms with Crippen LogP contribution in [0.1, 0.15) is 5.56 Å². The molecule has 102 valence electrons. The van der Waals surface area contributed by atoms with Crippen LogP contribution in [0.5, 0.6) is 0 Å². The van der Waals surface area contributed by atoms with E-state index in [0.29, 0.717) is 32.7 Å². The van der Waals surface area contributed by atoms with Crippen LogP contribution in [0.25, 0.3) is 0 Å². The molecule has 1 aromatic rings. The molecule has 0 saturated carbocycles. The summed E-state index contributed by atoms with van der Waals surface area (Å²) >= 11 is 0. The molecule has 5 nitrogen and oxygen atoms in total. The van der Waals surface area contributed by atoms with Crippen molar-refractivity contribution >= 4 is 22.6 Å². The van der Waals surface area contributed by atoms with Crippen LogP contribution in [0.4, 0.5) is 0 Å². The second kappa shape index (κ2) is 7.06. The Hall–Kier alpha value is -0.660. The molecule has 1 heterocycles. The lowest BCUT2D eigenvalue weighted by atomic mass is 10.2. The summed E-state index contributed by atoms with van der Waals surface area (Å²) in [5.74, 6) is 0. The largest absolute Gasteiger partial charge is 0.314 e. The van der Waals surface area contributed by atoms with Crippen LogP contribution in [-0.4, -0.2) is 38.9 Å². The molecule has 0 spiro atoms. The van der Waals surface area contributed by atoms with E-state index in [0.717, 1.165) is 5.56 Å². The molecular formula is C11H18ClN3O2S. The summed E-state index contributed by atoms with van der Waals surface area (Å²) in [6.45, 7) is 2.83. The van der Waals surface area contributed by atoms with Crippen LogP contribution in [0.3, 0.4) is 0 Å². The maximum atomic E-state index is 11.9. The van der Waals surface area contributed by atoms with Gasteiger partial charge in [0.1, 0.15) is 0 Å². The van der Waals surface area contributed by atoms with Gasteiger partial charge in [-0.05, 0) is 5.56 Å². The van der Waals surface area contributed by atoms with E-state index in [2.05, 4.69) is 10.0 Å². The molecule has 0 amide bonds. The first-order valence-corrected chi connectivity index (χ1v) is 7.12. The maximum Gasteiger partial charge on any atom is 0.279 e. The molecule has 2 rings (SSSR count). The van der Waals surface area contributed by atoms with Gasteiger partial charge in [0.15, 0.2) is 0 Å². The van der Waals surface area contributed by atoms with Gasteiger partial charge in [-0.1, -0.05) is 30.3 Å². The predicted octanol–water partition coefficient (Wildman–Crippen LogP) is 0.348. The minimum absolute atomic E-state index is 0. The average Bonchev–Trinajstić information content (AvgIpc) is 2.39. The third-order valence-corrected chi connectivity index (χ3v) is 4.27. The van der Waals surface area contributed by atoms with Crippen LogP contribution >= 0.6 is 12.4 Å². The summed E-state index contributed by atoms with van der Waals surface area (Å²) in [4.78, 5) is 0. The van der Waals surface area contributed by atoms with E-state index in [4.69, 9.17) is 0 Å².